The summed E-state index contributed by atoms with van der Waals surface area (Å²) in [5, 5.41) is 10.7. The molecule has 0 bridgehead atoms. The molecule has 4 N–H and O–H groups in total. The van der Waals surface area contributed by atoms with Crippen LogP contribution in [0.1, 0.15) is 66.7 Å². The topological polar surface area (TPSA) is 137 Å². The van der Waals surface area contributed by atoms with E-state index in [1.54, 1.807) is 36.4 Å². The van der Waals surface area contributed by atoms with Crippen molar-refractivity contribution in [1.82, 2.24) is 26.2 Å². The lowest BCUT2D eigenvalue weighted by Gasteiger charge is -2.29. The van der Waals surface area contributed by atoms with E-state index in [0.29, 0.717) is 17.5 Å². The van der Waals surface area contributed by atoms with Crippen molar-refractivity contribution in [3.63, 3.8) is 0 Å². The van der Waals surface area contributed by atoms with Crippen molar-refractivity contribution in [2.45, 2.75) is 64.3 Å². The molecular weight excluding hydrogens is 474 g/mol. The molecule has 6 amide bonds. The zero-order chi connectivity index (χ0) is 26.7. The molecule has 0 aliphatic carbocycles. The number of fused-ring (bicyclic) bond motifs is 1. The second-order valence-electron chi connectivity index (χ2n) is 10.3. The number of urea groups is 1. The predicted octanol–water partition coefficient (Wildman–Crippen LogP) is 1.90. The van der Waals surface area contributed by atoms with Crippen molar-refractivity contribution in [2.75, 3.05) is 0 Å². The Morgan fingerprint density at radius 1 is 1.08 bits per heavy atom. The van der Waals surface area contributed by atoms with Crippen LogP contribution in [0.25, 0.3) is 0 Å². The minimum Gasteiger partial charge on any atom is -0.350 e. The molecule has 37 heavy (non-hydrogen) atoms. The first-order valence-electron chi connectivity index (χ1n) is 12.2. The molecule has 2 unspecified atom stereocenters. The van der Waals surface area contributed by atoms with Crippen LogP contribution in [0.4, 0.5) is 4.79 Å². The first-order chi connectivity index (χ1) is 17.5. The SMILES string of the molecule is CC(C)(C)NC(=O)NC(C(=O)NCc1ccc2c(c1)CN(C1CCC(=O)NC1=O)C2=O)c1ccccc1. The van der Waals surface area contributed by atoms with E-state index in [1.807, 2.05) is 32.9 Å². The third kappa shape index (κ3) is 6.14. The van der Waals surface area contributed by atoms with Crippen LogP contribution in [0.2, 0.25) is 0 Å². The third-order valence-electron chi connectivity index (χ3n) is 6.21. The largest absolute Gasteiger partial charge is 0.350 e. The van der Waals surface area contributed by atoms with Crippen LogP contribution in [0.5, 0.6) is 0 Å². The van der Waals surface area contributed by atoms with Gasteiger partial charge in [0.25, 0.3) is 5.91 Å². The van der Waals surface area contributed by atoms with Crippen LogP contribution in [0, 0.1) is 0 Å². The molecule has 10 nitrogen and oxygen atoms in total. The van der Waals surface area contributed by atoms with Gasteiger partial charge in [-0.25, -0.2) is 4.79 Å². The highest BCUT2D eigenvalue weighted by Crippen LogP contribution is 2.28. The molecule has 2 aromatic rings. The Hall–Kier alpha value is -4.21. The number of hydrogen-bond donors (Lipinski definition) is 4. The van der Waals surface area contributed by atoms with E-state index >= 15 is 0 Å². The number of imide groups is 1. The molecule has 2 aromatic carbocycles. The summed E-state index contributed by atoms with van der Waals surface area (Å²) in [5.41, 5.74) is 2.21. The van der Waals surface area contributed by atoms with Crippen molar-refractivity contribution in [3.05, 3.63) is 70.8 Å². The fraction of sp³-hybridized carbons (Fsp3) is 0.370. The lowest BCUT2D eigenvalue weighted by atomic mass is 10.0. The number of hydrogen-bond acceptors (Lipinski definition) is 5. The van der Waals surface area contributed by atoms with Crippen molar-refractivity contribution in [1.29, 1.82) is 0 Å². The highest BCUT2D eigenvalue weighted by Gasteiger charge is 2.39. The molecule has 0 saturated carbocycles. The average Bonchev–Trinajstić information content (AvgIpc) is 3.16. The molecule has 2 aliphatic heterocycles. The zero-order valence-electron chi connectivity index (χ0n) is 21.1. The molecule has 0 aromatic heterocycles. The lowest BCUT2D eigenvalue weighted by Crippen LogP contribution is -2.52. The number of nitrogens with one attached hydrogen (secondary N) is 4. The first kappa shape index (κ1) is 25.9. The molecule has 2 aliphatic rings. The second kappa shape index (κ2) is 10.4. The van der Waals surface area contributed by atoms with E-state index in [2.05, 4.69) is 21.3 Å². The van der Waals surface area contributed by atoms with Crippen molar-refractivity contribution in [3.8, 4) is 0 Å². The fourth-order valence-electron chi connectivity index (χ4n) is 4.48. The summed E-state index contributed by atoms with van der Waals surface area (Å²) < 4.78 is 0. The summed E-state index contributed by atoms with van der Waals surface area (Å²) in [6.07, 6.45) is 0.488. The Kier molecular flexibility index (Phi) is 7.28. The maximum atomic E-state index is 13.1. The molecule has 2 atom stereocenters. The smallest absolute Gasteiger partial charge is 0.316 e. The monoisotopic (exact) mass is 505 g/mol. The van der Waals surface area contributed by atoms with Gasteiger partial charge in [0.05, 0.1) is 0 Å². The van der Waals surface area contributed by atoms with Crippen LogP contribution in [0.3, 0.4) is 0 Å². The van der Waals surface area contributed by atoms with Gasteiger partial charge in [-0.2, -0.15) is 0 Å². The van der Waals surface area contributed by atoms with Crippen LogP contribution in [-0.2, 0) is 27.5 Å². The van der Waals surface area contributed by atoms with Gasteiger partial charge in [-0.1, -0.05) is 42.5 Å². The molecule has 0 spiro atoms. The summed E-state index contributed by atoms with van der Waals surface area (Å²) in [5.74, 6) is -1.42. The van der Waals surface area contributed by atoms with Gasteiger partial charge in [0.2, 0.25) is 17.7 Å². The summed E-state index contributed by atoms with van der Waals surface area (Å²) >= 11 is 0. The minimum absolute atomic E-state index is 0.185. The predicted molar refractivity (Wildman–Crippen MR) is 135 cm³/mol. The number of rotatable bonds is 6. The van der Waals surface area contributed by atoms with E-state index in [0.717, 1.165) is 11.1 Å². The van der Waals surface area contributed by atoms with Gasteiger partial charge in [0.15, 0.2) is 0 Å². The summed E-state index contributed by atoms with van der Waals surface area (Å²) in [6.45, 7) is 5.99. The second-order valence-corrected chi connectivity index (χ2v) is 10.3. The van der Waals surface area contributed by atoms with Gasteiger partial charge in [-0.3, -0.25) is 24.5 Å². The number of benzene rings is 2. The van der Waals surface area contributed by atoms with Gasteiger partial charge in [0, 0.05) is 30.6 Å². The number of amides is 6. The molecule has 194 valence electrons. The Morgan fingerprint density at radius 3 is 2.49 bits per heavy atom. The van der Waals surface area contributed by atoms with E-state index in [9.17, 15) is 24.0 Å². The Balaban J connectivity index is 1.43. The van der Waals surface area contributed by atoms with Crippen molar-refractivity contribution in [2.24, 2.45) is 0 Å². The van der Waals surface area contributed by atoms with Gasteiger partial charge in [-0.05, 0) is 49.9 Å². The number of carbonyl (C=O) groups excluding carboxylic acids is 5. The maximum Gasteiger partial charge on any atom is 0.316 e. The standard InChI is InChI=1S/C27H31N5O5/c1-27(2,3)31-26(37)30-22(17-7-5-4-6-8-17)24(35)28-14-16-9-10-19-18(13-16)15-32(25(19)36)20-11-12-21(33)29-23(20)34/h4-10,13,20,22H,11-12,14-15H2,1-3H3,(H,28,35)(H,29,33,34)(H2,30,31,37). The maximum absolute atomic E-state index is 13.1. The highest BCUT2D eigenvalue weighted by atomic mass is 16.2. The quantitative estimate of drug-likeness (QED) is 0.445. The minimum atomic E-state index is -0.900. The Bertz CT molecular complexity index is 1240. The Labute approximate surface area is 215 Å². The molecule has 1 fully saturated rings. The third-order valence-corrected chi connectivity index (χ3v) is 6.21. The van der Waals surface area contributed by atoms with E-state index < -0.39 is 29.6 Å². The van der Waals surface area contributed by atoms with Crippen LogP contribution >= 0.6 is 0 Å². The molecule has 4 rings (SSSR count). The first-order valence-corrected chi connectivity index (χ1v) is 12.2. The van der Waals surface area contributed by atoms with E-state index in [4.69, 9.17) is 0 Å². The van der Waals surface area contributed by atoms with Crippen molar-refractivity contribution >= 4 is 29.7 Å². The summed E-state index contributed by atoms with van der Waals surface area (Å²) in [6, 6.07) is 12.2. The molecular formula is C27H31N5O5. The van der Waals surface area contributed by atoms with Crippen LogP contribution in [-0.4, -0.2) is 46.1 Å². The van der Waals surface area contributed by atoms with E-state index in [1.165, 1.54) is 4.90 Å². The lowest BCUT2D eigenvalue weighted by molar-refractivity contribution is -0.137. The van der Waals surface area contributed by atoms with Gasteiger partial charge < -0.3 is 20.9 Å². The summed E-state index contributed by atoms with van der Waals surface area (Å²) in [4.78, 5) is 63.7. The number of nitrogens with zero attached hydrogens (tertiary/aromatic N) is 1. The number of piperidine rings is 1. The molecule has 2 heterocycles. The normalized spacial score (nSPS) is 18.1. The summed E-state index contributed by atoms with van der Waals surface area (Å²) in [7, 11) is 0. The highest BCUT2D eigenvalue weighted by molar-refractivity contribution is 6.05. The van der Waals surface area contributed by atoms with Crippen LogP contribution in [0.15, 0.2) is 48.5 Å². The zero-order valence-corrected chi connectivity index (χ0v) is 21.1. The molecule has 0 radical (unpaired) electrons. The molecule has 1 saturated heterocycles. The van der Waals surface area contributed by atoms with Gasteiger partial charge in [0.1, 0.15) is 12.1 Å². The van der Waals surface area contributed by atoms with Crippen LogP contribution < -0.4 is 21.3 Å². The molecule has 10 heteroatoms. The van der Waals surface area contributed by atoms with Gasteiger partial charge in [-0.15, -0.1) is 0 Å². The van der Waals surface area contributed by atoms with Crippen molar-refractivity contribution < 1.29 is 24.0 Å². The average molecular weight is 506 g/mol. The Morgan fingerprint density at radius 2 is 1.81 bits per heavy atom. The van der Waals surface area contributed by atoms with E-state index in [-0.39, 0.29) is 37.2 Å². The van der Waals surface area contributed by atoms with Gasteiger partial charge >= 0.3 is 6.03 Å². The number of carbonyl (C=O) groups is 5. The fourth-order valence-corrected chi connectivity index (χ4v) is 4.48.